The van der Waals surface area contributed by atoms with Crippen molar-refractivity contribution in [2.75, 3.05) is 18.1 Å². The first-order valence-electron chi connectivity index (χ1n) is 7.95. The van der Waals surface area contributed by atoms with Crippen molar-refractivity contribution in [1.82, 2.24) is 4.98 Å². The molecule has 1 aromatic heterocycles. The summed E-state index contributed by atoms with van der Waals surface area (Å²) in [7, 11) is -2.57. The summed E-state index contributed by atoms with van der Waals surface area (Å²) in [5, 5.41) is 9.72. The molecule has 2 heterocycles. The number of nitrogens with zero attached hydrogens (tertiary/aromatic N) is 2. The van der Waals surface area contributed by atoms with Crippen LogP contribution in [0.1, 0.15) is 30.3 Å². The van der Waals surface area contributed by atoms with E-state index in [9.17, 15) is 9.00 Å². The van der Waals surface area contributed by atoms with E-state index in [0.717, 1.165) is 10.9 Å². The van der Waals surface area contributed by atoms with Gasteiger partial charge in [0.2, 0.25) is 0 Å². The summed E-state index contributed by atoms with van der Waals surface area (Å²) in [4.78, 5) is 15.4. The fourth-order valence-electron chi connectivity index (χ4n) is 2.84. The van der Waals surface area contributed by atoms with Crippen molar-refractivity contribution in [3.05, 3.63) is 30.0 Å². The first kappa shape index (κ1) is 16.5. The standard InChI is InChI=1S/C17H19N3O3S/c1-2-23-16-5-3-4-14-13(16)10-15(19-14)17(21)20-24(22)8-6-12(11-18)7-9-24/h3-5,10,12,19H,2,6-9H2,1H3. The van der Waals surface area contributed by atoms with Crippen LogP contribution in [0.4, 0.5) is 0 Å². The lowest BCUT2D eigenvalue weighted by molar-refractivity contribution is 0.100. The van der Waals surface area contributed by atoms with Crippen LogP contribution in [0.3, 0.4) is 0 Å². The summed E-state index contributed by atoms with van der Waals surface area (Å²) in [6, 6.07) is 9.42. The molecule has 3 rings (SSSR count). The van der Waals surface area contributed by atoms with E-state index in [0.29, 0.717) is 42.4 Å². The molecule has 0 atom stereocenters. The molecule has 126 valence electrons. The van der Waals surface area contributed by atoms with Gasteiger partial charge in [-0.3, -0.25) is 4.79 Å². The van der Waals surface area contributed by atoms with Crippen molar-refractivity contribution in [3.8, 4) is 11.8 Å². The highest BCUT2D eigenvalue weighted by atomic mass is 32.2. The number of nitriles is 1. The zero-order valence-electron chi connectivity index (χ0n) is 13.4. The summed E-state index contributed by atoms with van der Waals surface area (Å²) < 4.78 is 22.2. The van der Waals surface area contributed by atoms with Crippen molar-refractivity contribution in [2.45, 2.75) is 19.8 Å². The van der Waals surface area contributed by atoms with E-state index in [1.165, 1.54) is 0 Å². The Balaban J connectivity index is 1.89. The Morgan fingerprint density at radius 1 is 1.46 bits per heavy atom. The number of carbonyl (C=O) groups is 1. The lowest BCUT2D eigenvalue weighted by Gasteiger charge is -2.18. The van der Waals surface area contributed by atoms with Gasteiger partial charge in [-0.2, -0.15) is 9.62 Å². The second kappa shape index (κ2) is 6.65. The van der Waals surface area contributed by atoms with Gasteiger partial charge in [0.05, 0.1) is 22.4 Å². The maximum Gasteiger partial charge on any atom is 0.301 e. The third-order valence-corrected chi connectivity index (χ3v) is 6.40. The van der Waals surface area contributed by atoms with Crippen molar-refractivity contribution >= 4 is 26.5 Å². The van der Waals surface area contributed by atoms with Crippen molar-refractivity contribution in [3.63, 3.8) is 0 Å². The second-order valence-electron chi connectivity index (χ2n) is 5.81. The number of aromatic nitrogens is 1. The number of hydrogen-bond donors (Lipinski definition) is 1. The lowest BCUT2D eigenvalue weighted by atomic mass is 10.1. The van der Waals surface area contributed by atoms with Gasteiger partial charge in [-0.05, 0) is 38.0 Å². The predicted molar refractivity (Wildman–Crippen MR) is 92.4 cm³/mol. The quantitative estimate of drug-likeness (QED) is 0.924. The van der Waals surface area contributed by atoms with Crippen molar-refractivity contribution in [1.29, 1.82) is 5.26 Å². The summed E-state index contributed by atoms with van der Waals surface area (Å²) in [5.41, 5.74) is 1.09. The van der Waals surface area contributed by atoms with Crippen LogP contribution >= 0.6 is 0 Å². The molecule has 0 spiro atoms. The Labute approximate surface area is 141 Å². The number of rotatable bonds is 3. The van der Waals surface area contributed by atoms with Gasteiger partial charge in [0.15, 0.2) is 0 Å². The highest BCUT2D eigenvalue weighted by molar-refractivity contribution is 7.93. The molecule has 6 nitrogen and oxygen atoms in total. The van der Waals surface area contributed by atoms with E-state index in [-0.39, 0.29) is 5.92 Å². The number of nitrogens with one attached hydrogen (secondary N) is 1. The molecule has 1 fully saturated rings. The van der Waals surface area contributed by atoms with Crippen molar-refractivity contribution < 1.29 is 13.7 Å². The number of carbonyl (C=O) groups excluding carboxylic acids is 1. The van der Waals surface area contributed by atoms with Crippen LogP contribution in [0.2, 0.25) is 0 Å². The molecule has 7 heteroatoms. The molecule has 1 aliphatic rings. The minimum Gasteiger partial charge on any atom is -0.493 e. The topological polar surface area (TPSA) is 95.3 Å². The van der Waals surface area contributed by atoms with E-state index in [1.54, 1.807) is 6.07 Å². The Hall–Kier alpha value is -2.33. The summed E-state index contributed by atoms with van der Waals surface area (Å²) in [6.07, 6.45) is 1.07. The van der Waals surface area contributed by atoms with E-state index in [1.807, 2.05) is 25.1 Å². The van der Waals surface area contributed by atoms with E-state index in [2.05, 4.69) is 15.4 Å². The highest BCUT2D eigenvalue weighted by Crippen LogP contribution is 2.27. The summed E-state index contributed by atoms with van der Waals surface area (Å²) >= 11 is 0. The normalized spacial score (nSPS) is 23.6. The summed E-state index contributed by atoms with van der Waals surface area (Å²) in [6.45, 7) is 2.43. The molecule has 0 unspecified atom stereocenters. The van der Waals surface area contributed by atoms with Gasteiger partial charge in [0.1, 0.15) is 11.4 Å². The fourth-order valence-corrected chi connectivity index (χ4v) is 4.94. The number of amides is 1. The molecule has 1 N–H and O–H groups in total. The van der Waals surface area contributed by atoms with Crippen LogP contribution in [0.5, 0.6) is 5.75 Å². The molecule has 2 aromatic rings. The van der Waals surface area contributed by atoms with Gasteiger partial charge >= 0.3 is 5.91 Å². The summed E-state index contributed by atoms with van der Waals surface area (Å²) in [5.74, 6) is 0.729. The van der Waals surface area contributed by atoms with Crippen LogP contribution in [0.25, 0.3) is 10.9 Å². The molecule has 0 bridgehead atoms. The van der Waals surface area contributed by atoms with Crippen LogP contribution in [-0.4, -0.2) is 33.2 Å². The Morgan fingerprint density at radius 3 is 2.88 bits per heavy atom. The van der Waals surface area contributed by atoms with E-state index in [4.69, 9.17) is 10.00 Å². The van der Waals surface area contributed by atoms with Gasteiger partial charge in [-0.25, -0.2) is 4.21 Å². The molecule has 1 aromatic carbocycles. The van der Waals surface area contributed by atoms with Gasteiger partial charge in [-0.1, -0.05) is 6.07 Å². The zero-order valence-corrected chi connectivity index (χ0v) is 14.3. The first-order chi connectivity index (χ1) is 11.5. The Kier molecular flexibility index (Phi) is 4.58. The number of H-pyrrole nitrogens is 1. The molecule has 24 heavy (non-hydrogen) atoms. The average Bonchev–Trinajstić information content (AvgIpc) is 3.01. The Morgan fingerprint density at radius 2 is 2.21 bits per heavy atom. The van der Waals surface area contributed by atoms with Crippen LogP contribution in [-0.2, 0) is 9.73 Å². The maximum atomic E-state index is 12.7. The number of fused-ring (bicyclic) bond motifs is 1. The van der Waals surface area contributed by atoms with Crippen LogP contribution in [0.15, 0.2) is 28.6 Å². The number of ether oxygens (including phenoxy) is 1. The number of benzene rings is 1. The molecule has 0 radical (unpaired) electrons. The highest BCUT2D eigenvalue weighted by Gasteiger charge is 2.24. The monoisotopic (exact) mass is 345 g/mol. The lowest BCUT2D eigenvalue weighted by Crippen LogP contribution is -2.23. The Bertz CT molecular complexity index is 918. The predicted octanol–water partition coefficient (Wildman–Crippen LogP) is 3.11. The molecule has 0 saturated carbocycles. The maximum absolute atomic E-state index is 12.7. The van der Waals surface area contributed by atoms with Crippen LogP contribution < -0.4 is 4.74 Å². The second-order valence-corrected chi connectivity index (χ2v) is 8.36. The van der Waals surface area contributed by atoms with Gasteiger partial charge in [0, 0.05) is 28.3 Å². The molecule has 1 saturated heterocycles. The third kappa shape index (κ3) is 3.29. The van der Waals surface area contributed by atoms with E-state index >= 15 is 0 Å². The molecular weight excluding hydrogens is 326 g/mol. The SMILES string of the molecule is CCOc1cccc2[nH]c(C(=O)N=S3(=O)CCC(C#N)CC3)cc12. The number of aromatic amines is 1. The minimum absolute atomic E-state index is 0.0771. The van der Waals surface area contributed by atoms with Crippen LogP contribution in [0, 0.1) is 17.2 Å². The first-order valence-corrected chi connectivity index (χ1v) is 9.81. The molecule has 1 amide bonds. The smallest absolute Gasteiger partial charge is 0.301 e. The van der Waals surface area contributed by atoms with Gasteiger partial charge in [-0.15, -0.1) is 0 Å². The third-order valence-electron chi connectivity index (χ3n) is 4.16. The largest absolute Gasteiger partial charge is 0.493 e. The van der Waals surface area contributed by atoms with Gasteiger partial charge < -0.3 is 9.72 Å². The molecule has 1 aliphatic heterocycles. The minimum atomic E-state index is -2.57. The zero-order chi connectivity index (χ0) is 17.2. The van der Waals surface area contributed by atoms with Gasteiger partial charge in [0.25, 0.3) is 0 Å². The van der Waals surface area contributed by atoms with Crippen molar-refractivity contribution in [2.24, 2.45) is 10.3 Å². The fraction of sp³-hybridized carbons (Fsp3) is 0.412. The van der Waals surface area contributed by atoms with E-state index < -0.39 is 15.6 Å². The average molecular weight is 345 g/mol. The molecule has 0 aliphatic carbocycles. The molecular formula is C17H19N3O3S. The number of hydrogen-bond acceptors (Lipinski definition) is 4.